The Morgan fingerprint density at radius 1 is 0.921 bits per heavy atom. The van der Waals surface area contributed by atoms with Crippen molar-refractivity contribution in [2.24, 2.45) is 12.5 Å². The second-order valence-corrected chi connectivity index (χ2v) is 10.7. The summed E-state index contributed by atoms with van der Waals surface area (Å²) in [6.45, 7) is 7.08. The van der Waals surface area contributed by atoms with Crippen LogP contribution in [-0.2, 0) is 20.1 Å². The van der Waals surface area contributed by atoms with Crippen molar-refractivity contribution < 1.29 is 4.39 Å². The minimum atomic E-state index is -0.523. The van der Waals surface area contributed by atoms with Gasteiger partial charge < -0.3 is 9.88 Å². The number of fused-ring (bicyclic) bond motifs is 1. The number of nitrogens with one attached hydrogen (secondary N) is 1. The average Bonchev–Trinajstić information content (AvgIpc) is 3.23. The number of para-hydroxylation sites is 1. The number of rotatable bonds is 6. The van der Waals surface area contributed by atoms with Crippen LogP contribution < -0.4 is 16.6 Å². The van der Waals surface area contributed by atoms with Crippen molar-refractivity contribution in [3.8, 4) is 11.3 Å². The number of benzene rings is 2. The van der Waals surface area contributed by atoms with E-state index in [1.54, 1.807) is 16.7 Å². The third kappa shape index (κ3) is 5.02. The first kappa shape index (κ1) is 25.2. The highest BCUT2D eigenvalue weighted by molar-refractivity contribution is 5.91. The Morgan fingerprint density at radius 3 is 2.29 bits per heavy atom. The lowest BCUT2D eigenvalue weighted by Gasteiger charge is -2.22. The molecule has 3 heterocycles. The molecule has 7 nitrogen and oxygen atoms in total. The first-order chi connectivity index (χ1) is 18.1. The molecule has 5 aromatic rings. The zero-order valence-electron chi connectivity index (χ0n) is 21.9. The number of pyridine rings is 1. The number of halogens is 1. The zero-order valence-corrected chi connectivity index (χ0v) is 21.9. The largest absolute Gasteiger partial charge is 0.340 e. The van der Waals surface area contributed by atoms with E-state index in [0.29, 0.717) is 35.5 Å². The van der Waals surface area contributed by atoms with Crippen LogP contribution in [0.15, 0.2) is 88.6 Å². The predicted octanol–water partition coefficient (Wildman–Crippen LogP) is 5.54. The van der Waals surface area contributed by atoms with E-state index >= 15 is 0 Å². The Morgan fingerprint density at radius 2 is 1.63 bits per heavy atom. The van der Waals surface area contributed by atoms with Gasteiger partial charge in [0.15, 0.2) is 0 Å². The summed E-state index contributed by atoms with van der Waals surface area (Å²) < 4.78 is 18.4. The molecular formula is C30H30FN5O2. The van der Waals surface area contributed by atoms with Crippen LogP contribution in [0.5, 0.6) is 0 Å². The minimum Gasteiger partial charge on any atom is -0.340 e. The number of hydrogen-bond donors (Lipinski definition) is 1. The van der Waals surface area contributed by atoms with E-state index in [9.17, 15) is 14.0 Å². The molecule has 0 saturated heterocycles. The highest BCUT2D eigenvalue weighted by atomic mass is 19.1. The Balaban J connectivity index is 1.65. The third-order valence-electron chi connectivity index (χ3n) is 6.36. The molecule has 3 aromatic heterocycles. The predicted molar refractivity (Wildman–Crippen MR) is 149 cm³/mol. The highest BCUT2D eigenvalue weighted by Gasteiger charge is 2.23. The fraction of sp³-hybridized carbons (Fsp3) is 0.233. The minimum absolute atomic E-state index is 0.193. The molecule has 0 atom stereocenters. The van der Waals surface area contributed by atoms with E-state index in [4.69, 9.17) is 0 Å². The number of hydrogen-bond acceptors (Lipinski definition) is 4. The van der Waals surface area contributed by atoms with Gasteiger partial charge in [0, 0.05) is 37.6 Å². The summed E-state index contributed by atoms with van der Waals surface area (Å²) in [6.07, 6.45) is 1.81. The molecule has 194 valence electrons. The summed E-state index contributed by atoms with van der Waals surface area (Å²) in [7, 11) is 1.52. The van der Waals surface area contributed by atoms with Crippen molar-refractivity contribution in [2.45, 2.75) is 33.9 Å². The smallest absolute Gasteiger partial charge is 0.331 e. The molecule has 0 aliphatic carbocycles. The van der Waals surface area contributed by atoms with E-state index in [1.807, 2.05) is 65.4 Å². The van der Waals surface area contributed by atoms with Gasteiger partial charge in [0.05, 0.1) is 11.1 Å². The summed E-state index contributed by atoms with van der Waals surface area (Å²) in [4.78, 5) is 30.5. The zero-order chi connectivity index (χ0) is 27.0. The maximum atomic E-state index is 13.6. The van der Waals surface area contributed by atoms with Crippen molar-refractivity contribution in [1.29, 1.82) is 0 Å². The van der Waals surface area contributed by atoms with E-state index in [0.717, 1.165) is 16.8 Å². The van der Waals surface area contributed by atoms with Gasteiger partial charge >= 0.3 is 5.69 Å². The van der Waals surface area contributed by atoms with Gasteiger partial charge in [0.2, 0.25) is 5.95 Å². The summed E-state index contributed by atoms with van der Waals surface area (Å²) in [5.74, 6) is 0.145. The first-order valence-corrected chi connectivity index (χ1v) is 12.5. The average molecular weight is 512 g/mol. The van der Waals surface area contributed by atoms with E-state index in [-0.39, 0.29) is 16.7 Å². The van der Waals surface area contributed by atoms with Gasteiger partial charge in [0.1, 0.15) is 11.3 Å². The SMILES string of the molecule is Cn1c(=O)c2cn(Cc3ccc(-c4cccc(F)n4)cc3)c(Nc3ccccc3)c2n(CC(C)(C)C)c1=O. The second-order valence-electron chi connectivity index (χ2n) is 10.7. The molecule has 0 fully saturated rings. The molecule has 5 rings (SSSR count). The lowest BCUT2D eigenvalue weighted by atomic mass is 9.97. The van der Waals surface area contributed by atoms with Crippen LogP contribution in [0, 0.1) is 11.4 Å². The van der Waals surface area contributed by atoms with Crippen molar-refractivity contribution >= 4 is 22.4 Å². The lowest BCUT2D eigenvalue weighted by Crippen LogP contribution is -2.39. The molecule has 0 amide bonds. The van der Waals surface area contributed by atoms with Crippen LogP contribution in [-0.4, -0.2) is 18.7 Å². The topological polar surface area (TPSA) is 73.8 Å². The Kier molecular flexibility index (Phi) is 6.48. The van der Waals surface area contributed by atoms with Gasteiger partial charge in [-0.05, 0) is 35.2 Å². The normalized spacial score (nSPS) is 11.7. The molecule has 38 heavy (non-hydrogen) atoms. The van der Waals surface area contributed by atoms with Gasteiger partial charge in [-0.3, -0.25) is 13.9 Å². The van der Waals surface area contributed by atoms with Crippen molar-refractivity contribution in [1.82, 2.24) is 18.7 Å². The molecule has 2 aromatic carbocycles. The van der Waals surface area contributed by atoms with Gasteiger partial charge in [-0.1, -0.05) is 69.3 Å². The molecular weight excluding hydrogens is 481 g/mol. The number of nitrogens with zero attached hydrogens (tertiary/aromatic N) is 4. The van der Waals surface area contributed by atoms with E-state index in [2.05, 4.69) is 31.1 Å². The quantitative estimate of drug-likeness (QED) is 0.304. The number of aromatic nitrogens is 4. The molecule has 0 aliphatic heterocycles. The van der Waals surface area contributed by atoms with Crippen LogP contribution in [0.2, 0.25) is 0 Å². The molecule has 0 spiro atoms. The molecule has 0 radical (unpaired) electrons. The van der Waals surface area contributed by atoms with Crippen LogP contribution in [0.4, 0.5) is 15.9 Å². The summed E-state index contributed by atoms with van der Waals surface area (Å²) >= 11 is 0. The first-order valence-electron chi connectivity index (χ1n) is 12.5. The Labute approximate surface area is 219 Å². The molecule has 8 heteroatoms. The van der Waals surface area contributed by atoms with Gasteiger partial charge in [-0.15, -0.1) is 0 Å². The van der Waals surface area contributed by atoms with Crippen LogP contribution in [0.1, 0.15) is 26.3 Å². The summed E-state index contributed by atoms with van der Waals surface area (Å²) in [5, 5.41) is 3.93. The molecule has 0 bridgehead atoms. The van der Waals surface area contributed by atoms with Gasteiger partial charge in [-0.25, -0.2) is 9.78 Å². The molecule has 0 aliphatic rings. The van der Waals surface area contributed by atoms with Crippen LogP contribution >= 0.6 is 0 Å². The van der Waals surface area contributed by atoms with E-state index < -0.39 is 5.95 Å². The van der Waals surface area contributed by atoms with E-state index in [1.165, 1.54) is 17.7 Å². The Bertz CT molecular complexity index is 1730. The highest BCUT2D eigenvalue weighted by Crippen LogP contribution is 2.30. The maximum Gasteiger partial charge on any atom is 0.331 e. The lowest BCUT2D eigenvalue weighted by molar-refractivity contribution is 0.338. The fourth-order valence-electron chi connectivity index (χ4n) is 4.60. The molecule has 1 N–H and O–H groups in total. The standard InChI is InChI=1S/C30H30FN5O2/c1-30(2,3)19-36-26-23(28(37)34(4)29(36)38)18-35(27(26)32-22-9-6-5-7-10-22)17-20-13-15-21(16-14-20)24-11-8-12-25(31)33-24/h5-16,18,32H,17,19H2,1-4H3. The Hall–Kier alpha value is -4.46. The van der Waals surface area contributed by atoms with Crippen LogP contribution in [0.3, 0.4) is 0 Å². The molecule has 0 unspecified atom stereocenters. The maximum absolute atomic E-state index is 13.6. The van der Waals surface area contributed by atoms with Crippen molar-refractivity contribution in [2.75, 3.05) is 5.32 Å². The number of anilines is 2. The van der Waals surface area contributed by atoms with Crippen molar-refractivity contribution in [3.63, 3.8) is 0 Å². The monoisotopic (exact) mass is 511 g/mol. The fourth-order valence-corrected chi connectivity index (χ4v) is 4.60. The summed E-state index contributed by atoms with van der Waals surface area (Å²) in [5.41, 5.74) is 2.89. The van der Waals surface area contributed by atoms with Gasteiger partial charge in [-0.2, -0.15) is 4.39 Å². The third-order valence-corrected chi connectivity index (χ3v) is 6.36. The molecule has 0 saturated carbocycles. The summed E-state index contributed by atoms with van der Waals surface area (Å²) in [6, 6.07) is 22.1. The van der Waals surface area contributed by atoms with Crippen LogP contribution in [0.25, 0.3) is 22.2 Å². The van der Waals surface area contributed by atoms with Crippen molar-refractivity contribution in [3.05, 3.63) is 111 Å². The second kappa shape index (κ2) is 9.78. The van der Waals surface area contributed by atoms with Gasteiger partial charge in [0.25, 0.3) is 5.56 Å².